The van der Waals surface area contributed by atoms with Gasteiger partial charge in [-0.05, 0) is 11.8 Å². The molecule has 0 radical (unpaired) electrons. The van der Waals surface area contributed by atoms with Crippen molar-refractivity contribution in [2.75, 3.05) is 11.9 Å². The van der Waals surface area contributed by atoms with Crippen LogP contribution in [0, 0.1) is 5.41 Å². The molecule has 1 heterocycles. The maximum absolute atomic E-state index is 11.0. The molecule has 1 aromatic heterocycles. The zero-order valence-electron chi connectivity index (χ0n) is 11.9. The Morgan fingerprint density at radius 2 is 2.11 bits per heavy atom. The van der Waals surface area contributed by atoms with Gasteiger partial charge in [0.05, 0.1) is 5.56 Å². The van der Waals surface area contributed by atoms with Gasteiger partial charge in [-0.3, -0.25) is 4.79 Å². The SMILES string of the molecule is CCCCCC(C)(C)CNc1ncnc(Cl)c1C=O. The predicted octanol–water partition coefficient (Wildman–Crippen LogP) is 3.96. The molecule has 4 nitrogen and oxygen atoms in total. The lowest BCUT2D eigenvalue weighted by molar-refractivity contribution is 0.112. The van der Waals surface area contributed by atoms with Gasteiger partial charge >= 0.3 is 0 Å². The fourth-order valence-electron chi connectivity index (χ4n) is 1.88. The molecular formula is C14H22ClN3O. The Morgan fingerprint density at radius 3 is 2.74 bits per heavy atom. The topological polar surface area (TPSA) is 54.9 Å². The third kappa shape index (κ3) is 5.15. The molecule has 0 unspecified atom stereocenters. The van der Waals surface area contributed by atoms with Crippen molar-refractivity contribution in [3.63, 3.8) is 0 Å². The van der Waals surface area contributed by atoms with Crippen LogP contribution in [-0.2, 0) is 0 Å². The van der Waals surface area contributed by atoms with Gasteiger partial charge in [0.25, 0.3) is 0 Å². The van der Waals surface area contributed by atoms with Gasteiger partial charge in [-0.15, -0.1) is 0 Å². The Labute approximate surface area is 120 Å². The fourth-order valence-corrected chi connectivity index (χ4v) is 2.06. The number of nitrogens with one attached hydrogen (secondary N) is 1. The van der Waals surface area contributed by atoms with E-state index in [1.807, 2.05) is 0 Å². The van der Waals surface area contributed by atoms with Gasteiger partial charge in [0, 0.05) is 6.54 Å². The van der Waals surface area contributed by atoms with Crippen LogP contribution in [0.3, 0.4) is 0 Å². The van der Waals surface area contributed by atoms with E-state index in [-0.39, 0.29) is 10.6 Å². The third-order valence-electron chi connectivity index (χ3n) is 3.14. The molecular weight excluding hydrogens is 262 g/mol. The molecule has 1 N–H and O–H groups in total. The van der Waals surface area contributed by atoms with Crippen LogP contribution in [0.4, 0.5) is 5.82 Å². The zero-order chi connectivity index (χ0) is 14.3. The van der Waals surface area contributed by atoms with Crippen molar-refractivity contribution in [1.29, 1.82) is 0 Å². The van der Waals surface area contributed by atoms with E-state index in [1.54, 1.807) is 0 Å². The van der Waals surface area contributed by atoms with E-state index in [0.29, 0.717) is 17.7 Å². The zero-order valence-corrected chi connectivity index (χ0v) is 12.6. The Hall–Kier alpha value is -1.16. The number of hydrogen-bond donors (Lipinski definition) is 1. The number of anilines is 1. The predicted molar refractivity (Wildman–Crippen MR) is 78.8 cm³/mol. The molecule has 1 aromatic rings. The van der Waals surface area contributed by atoms with Crippen LogP contribution in [0.25, 0.3) is 0 Å². The summed E-state index contributed by atoms with van der Waals surface area (Å²) in [5, 5.41) is 3.40. The Morgan fingerprint density at radius 1 is 1.37 bits per heavy atom. The molecule has 0 aliphatic rings. The van der Waals surface area contributed by atoms with E-state index in [2.05, 4.69) is 36.1 Å². The highest BCUT2D eigenvalue weighted by Crippen LogP contribution is 2.25. The summed E-state index contributed by atoms with van der Waals surface area (Å²) in [5.41, 5.74) is 0.487. The molecule has 0 bridgehead atoms. The normalized spacial score (nSPS) is 11.4. The number of rotatable bonds is 8. The Balaban J connectivity index is 2.61. The summed E-state index contributed by atoms with van der Waals surface area (Å²) in [7, 11) is 0. The first-order chi connectivity index (χ1) is 9.00. The third-order valence-corrected chi connectivity index (χ3v) is 3.45. The van der Waals surface area contributed by atoms with Gasteiger partial charge in [-0.2, -0.15) is 0 Å². The van der Waals surface area contributed by atoms with Crippen LogP contribution >= 0.6 is 11.6 Å². The summed E-state index contributed by atoms with van der Waals surface area (Å²) in [6, 6.07) is 0. The van der Waals surface area contributed by atoms with Gasteiger partial charge in [-0.25, -0.2) is 9.97 Å². The number of hydrogen-bond acceptors (Lipinski definition) is 4. The molecule has 0 aliphatic heterocycles. The molecule has 0 atom stereocenters. The molecule has 0 saturated carbocycles. The maximum Gasteiger partial charge on any atom is 0.156 e. The number of aldehydes is 1. The minimum atomic E-state index is 0.159. The monoisotopic (exact) mass is 283 g/mol. The highest BCUT2D eigenvalue weighted by atomic mass is 35.5. The fraction of sp³-hybridized carbons (Fsp3) is 0.643. The number of aromatic nitrogens is 2. The molecule has 0 aliphatic carbocycles. The van der Waals surface area contributed by atoms with Gasteiger partial charge in [0.2, 0.25) is 0 Å². The molecule has 0 saturated heterocycles. The first-order valence-electron chi connectivity index (χ1n) is 6.69. The largest absolute Gasteiger partial charge is 0.369 e. The molecule has 19 heavy (non-hydrogen) atoms. The minimum Gasteiger partial charge on any atom is -0.369 e. The van der Waals surface area contributed by atoms with E-state index in [0.717, 1.165) is 13.0 Å². The number of carbonyl (C=O) groups is 1. The lowest BCUT2D eigenvalue weighted by Gasteiger charge is -2.25. The first-order valence-corrected chi connectivity index (χ1v) is 7.07. The van der Waals surface area contributed by atoms with Crippen molar-refractivity contribution in [2.45, 2.75) is 46.5 Å². The van der Waals surface area contributed by atoms with Crippen LogP contribution < -0.4 is 5.32 Å². The number of unbranched alkanes of at least 4 members (excludes halogenated alkanes) is 2. The minimum absolute atomic E-state index is 0.159. The Kier molecular flexibility index (Phi) is 6.22. The lowest BCUT2D eigenvalue weighted by atomic mass is 9.87. The van der Waals surface area contributed by atoms with Gasteiger partial charge in [0.15, 0.2) is 6.29 Å². The van der Waals surface area contributed by atoms with Gasteiger partial charge in [-0.1, -0.05) is 51.6 Å². The maximum atomic E-state index is 11.0. The first kappa shape index (κ1) is 15.9. The van der Waals surface area contributed by atoms with E-state index in [4.69, 9.17) is 11.6 Å². The molecule has 0 spiro atoms. The van der Waals surface area contributed by atoms with Gasteiger partial charge in [0.1, 0.15) is 17.3 Å². The average molecular weight is 284 g/mol. The molecule has 106 valence electrons. The summed E-state index contributed by atoms with van der Waals surface area (Å²) >= 11 is 5.86. The summed E-state index contributed by atoms with van der Waals surface area (Å²) in [4.78, 5) is 18.8. The quantitative estimate of drug-likeness (QED) is 0.446. The summed E-state index contributed by atoms with van der Waals surface area (Å²) in [6.07, 6.45) is 6.89. The standard InChI is InChI=1S/C14H22ClN3O/c1-4-5-6-7-14(2,3)9-16-13-11(8-19)12(15)17-10-18-13/h8,10H,4-7,9H2,1-3H3,(H,16,17,18). The molecule has 1 rings (SSSR count). The molecule has 5 heteroatoms. The highest BCUT2D eigenvalue weighted by Gasteiger charge is 2.18. The molecule has 0 amide bonds. The number of halogens is 1. The molecule has 0 fully saturated rings. The van der Waals surface area contributed by atoms with Crippen LogP contribution in [0.5, 0.6) is 0 Å². The summed E-state index contributed by atoms with van der Waals surface area (Å²) in [6.45, 7) is 7.37. The van der Waals surface area contributed by atoms with E-state index >= 15 is 0 Å². The van der Waals surface area contributed by atoms with Crippen LogP contribution in [0.15, 0.2) is 6.33 Å². The summed E-state index contributed by atoms with van der Waals surface area (Å²) in [5.74, 6) is 0.513. The molecule has 0 aromatic carbocycles. The smallest absolute Gasteiger partial charge is 0.156 e. The second-order valence-corrected chi connectivity index (χ2v) is 5.88. The van der Waals surface area contributed by atoms with Crippen LogP contribution in [-0.4, -0.2) is 22.8 Å². The van der Waals surface area contributed by atoms with Crippen LogP contribution in [0.1, 0.15) is 56.8 Å². The Bertz CT molecular complexity index is 421. The van der Waals surface area contributed by atoms with Crippen molar-refractivity contribution in [1.82, 2.24) is 9.97 Å². The summed E-state index contributed by atoms with van der Waals surface area (Å²) < 4.78 is 0. The van der Waals surface area contributed by atoms with Crippen molar-refractivity contribution >= 4 is 23.7 Å². The second-order valence-electron chi connectivity index (χ2n) is 5.52. The highest BCUT2D eigenvalue weighted by molar-refractivity contribution is 6.32. The van der Waals surface area contributed by atoms with Crippen molar-refractivity contribution in [3.8, 4) is 0 Å². The second kappa shape index (κ2) is 7.43. The van der Waals surface area contributed by atoms with Crippen molar-refractivity contribution in [2.24, 2.45) is 5.41 Å². The van der Waals surface area contributed by atoms with Gasteiger partial charge < -0.3 is 5.32 Å². The van der Waals surface area contributed by atoms with Crippen LogP contribution in [0.2, 0.25) is 5.15 Å². The lowest BCUT2D eigenvalue weighted by Crippen LogP contribution is -2.24. The average Bonchev–Trinajstić information content (AvgIpc) is 2.37. The van der Waals surface area contributed by atoms with E-state index in [1.165, 1.54) is 25.6 Å². The van der Waals surface area contributed by atoms with E-state index < -0.39 is 0 Å². The van der Waals surface area contributed by atoms with E-state index in [9.17, 15) is 4.79 Å². The number of carbonyl (C=O) groups excluding carboxylic acids is 1. The number of nitrogens with zero attached hydrogens (tertiary/aromatic N) is 2. The van der Waals surface area contributed by atoms with Crippen molar-refractivity contribution < 1.29 is 4.79 Å². The van der Waals surface area contributed by atoms with Crippen molar-refractivity contribution in [3.05, 3.63) is 17.0 Å².